The summed E-state index contributed by atoms with van der Waals surface area (Å²) in [5, 5.41) is 4.15. The average molecular weight is 352 g/mol. The van der Waals surface area contributed by atoms with Crippen molar-refractivity contribution in [2.75, 3.05) is 12.8 Å². The maximum absolute atomic E-state index is 5.80. The fraction of sp³-hybridized carbons (Fsp3) is 0.467. The summed E-state index contributed by atoms with van der Waals surface area (Å²) in [7, 11) is 1.72. The van der Waals surface area contributed by atoms with E-state index in [1.54, 1.807) is 7.11 Å². The van der Waals surface area contributed by atoms with Crippen molar-refractivity contribution in [2.45, 2.75) is 37.7 Å². The molecule has 3 rings (SSSR count). The highest BCUT2D eigenvalue weighted by molar-refractivity contribution is 9.10. The lowest BCUT2D eigenvalue weighted by Gasteiger charge is -2.32. The molecule has 0 spiro atoms. The second-order valence-electron chi connectivity index (χ2n) is 5.42. The van der Waals surface area contributed by atoms with E-state index < -0.39 is 5.60 Å². The lowest BCUT2D eigenvalue weighted by atomic mass is 9.84. The smallest absolute Gasteiger partial charge is 0.258 e. The second kappa shape index (κ2) is 5.77. The summed E-state index contributed by atoms with van der Waals surface area (Å²) in [6.07, 6.45) is 5.37. The summed E-state index contributed by atoms with van der Waals surface area (Å²) in [6, 6.07) is 5.57. The van der Waals surface area contributed by atoms with Gasteiger partial charge in [0.05, 0.1) is 0 Å². The van der Waals surface area contributed by atoms with Crippen LogP contribution in [0.2, 0.25) is 0 Å². The fourth-order valence-electron chi connectivity index (χ4n) is 2.83. The van der Waals surface area contributed by atoms with Crippen molar-refractivity contribution in [1.82, 2.24) is 10.1 Å². The van der Waals surface area contributed by atoms with Crippen LogP contribution in [0.4, 0.5) is 5.69 Å². The number of anilines is 1. The van der Waals surface area contributed by atoms with E-state index in [1.807, 2.05) is 18.2 Å². The zero-order valence-electron chi connectivity index (χ0n) is 11.9. The van der Waals surface area contributed by atoms with Crippen molar-refractivity contribution in [3.63, 3.8) is 0 Å². The summed E-state index contributed by atoms with van der Waals surface area (Å²) in [6.45, 7) is 0. The van der Waals surface area contributed by atoms with E-state index in [-0.39, 0.29) is 0 Å². The van der Waals surface area contributed by atoms with Crippen LogP contribution in [0.3, 0.4) is 0 Å². The van der Waals surface area contributed by atoms with Crippen LogP contribution in [-0.2, 0) is 10.3 Å². The Balaban J connectivity index is 1.93. The number of nitrogens with zero attached hydrogens (tertiary/aromatic N) is 2. The summed E-state index contributed by atoms with van der Waals surface area (Å²) in [5.41, 5.74) is 6.92. The van der Waals surface area contributed by atoms with Gasteiger partial charge in [-0.05, 0) is 47.0 Å². The molecule has 0 bridgehead atoms. The molecule has 0 saturated heterocycles. The van der Waals surface area contributed by atoms with Gasteiger partial charge in [-0.25, -0.2) is 0 Å². The van der Waals surface area contributed by atoms with Gasteiger partial charge < -0.3 is 15.0 Å². The molecule has 2 aromatic rings. The third-order valence-electron chi connectivity index (χ3n) is 4.13. The first-order valence-corrected chi connectivity index (χ1v) is 7.89. The van der Waals surface area contributed by atoms with Crippen LogP contribution >= 0.6 is 15.9 Å². The molecular formula is C15H18BrN3O2. The van der Waals surface area contributed by atoms with Gasteiger partial charge in [0.15, 0.2) is 0 Å². The van der Waals surface area contributed by atoms with Crippen LogP contribution in [0.1, 0.15) is 37.9 Å². The summed E-state index contributed by atoms with van der Waals surface area (Å²) >= 11 is 3.41. The number of ether oxygens (including phenoxy) is 1. The molecule has 112 valence electrons. The number of nitrogen functional groups attached to an aromatic ring is 1. The van der Waals surface area contributed by atoms with Gasteiger partial charge in [0.2, 0.25) is 5.82 Å². The molecule has 6 heteroatoms. The van der Waals surface area contributed by atoms with E-state index in [4.69, 9.17) is 15.0 Å². The van der Waals surface area contributed by atoms with E-state index >= 15 is 0 Å². The Labute approximate surface area is 132 Å². The van der Waals surface area contributed by atoms with Crippen molar-refractivity contribution >= 4 is 21.6 Å². The van der Waals surface area contributed by atoms with E-state index in [9.17, 15) is 0 Å². The van der Waals surface area contributed by atoms with Gasteiger partial charge in [0.25, 0.3) is 5.89 Å². The number of nitrogens with two attached hydrogens (primary N) is 1. The van der Waals surface area contributed by atoms with Crippen LogP contribution in [0.25, 0.3) is 11.5 Å². The van der Waals surface area contributed by atoms with E-state index in [1.165, 1.54) is 6.42 Å². The first kappa shape index (κ1) is 14.5. The van der Waals surface area contributed by atoms with Crippen LogP contribution in [0.5, 0.6) is 0 Å². The molecule has 1 aliphatic rings. The van der Waals surface area contributed by atoms with Gasteiger partial charge in [-0.3, -0.25) is 0 Å². The number of hydrogen-bond acceptors (Lipinski definition) is 5. The Bertz CT molecular complexity index is 636. The lowest BCUT2D eigenvalue weighted by molar-refractivity contribution is -0.0527. The van der Waals surface area contributed by atoms with Crippen molar-refractivity contribution in [2.24, 2.45) is 0 Å². The van der Waals surface area contributed by atoms with Crippen LogP contribution in [0, 0.1) is 0 Å². The topological polar surface area (TPSA) is 74.2 Å². The van der Waals surface area contributed by atoms with E-state index in [0.717, 1.165) is 35.7 Å². The molecule has 5 nitrogen and oxygen atoms in total. The van der Waals surface area contributed by atoms with E-state index in [0.29, 0.717) is 17.4 Å². The van der Waals surface area contributed by atoms with Gasteiger partial charge >= 0.3 is 0 Å². The van der Waals surface area contributed by atoms with Gasteiger partial charge in [0, 0.05) is 22.8 Å². The molecule has 0 unspecified atom stereocenters. The Morgan fingerprint density at radius 1 is 1.29 bits per heavy atom. The number of aromatic nitrogens is 2. The molecule has 0 atom stereocenters. The molecular weight excluding hydrogens is 334 g/mol. The normalized spacial score (nSPS) is 17.8. The number of hydrogen-bond donors (Lipinski definition) is 1. The molecule has 21 heavy (non-hydrogen) atoms. The molecule has 1 heterocycles. The van der Waals surface area contributed by atoms with Crippen molar-refractivity contribution in [1.29, 1.82) is 0 Å². The molecule has 1 fully saturated rings. The summed E-state index contributed by atoms with van der Waals surface area (Å²) in [5.74, 6) is 1.14. The quantitative estimate of drug-likeness (QED) is 0.849. The Hall–Kier alpha value is -1.40. The Morgan fingerprint density at radius 3 is 2.71 bits per heavy atom. The molecule has 1 aromatic heterocycles. The highest BCUT2D eigenvalue weighted by Crippen LogP contribution is 2.39. The molecule has 1 saturated carbocycles. The summed E-state index contributed by atoms with van der Waals surface area (Å²) < 4.78 is 12.0. The highest BCUT2D eigenvalue weighted by atomic mass is 79.9. The van der Waals surface area contributed by atoms with Gasteiger partial charge in [-0.15, -0.1) is 0 Å². The van der Waals surface area contributed by atoms with Gasteiger partial charge in [-0.2, -0.15) is 4.98 Å². The number of benzene rings is 1. The predicted molar refractivity (Wildman–Crippen MR) is 83.6 cm³/mol. The zero-order valence-corrected chi connectivity index (χ0v) is 13.5. The minimum absolute atomic E-state index is 0.398. The van der Waals surface area contributed by atoms with Crippen LogP contribution < -0.4 is 5.73 Å². The Kier molecular flexibility index (Phi) is 3.99. The van der Waals surface area contributed by atoms with Gasteiger partial charge in [0.1, 0.15) is 5.60 Å². The Morgan fingerprint density at radius 2 is 2.05 bits per heavy atom. The fourth-order valence-corrected chi connectivity index (χ4v) is 3.21. The van der Waals surface area contributed by atoms with Gasteiger partial charge in [-0.1, -0.05) is 24.4 Å². The van der Waals surface area contributed by atoms with Crippen LogP contribution in [-0.4, -0.2) is 17.3 Å². The summed E-state index contributed by atoms with van der Waals surface area (Å²) in [4.78, 5) is 4.55. The number of methoxy groups -OCH3 is 1. The molecule has 1 aliphatic carbocycles. The lowest BCUT2D eigenvalue weighted by Crippen LogP contribution is -2.32. The molecule has 2 N–H and O–H groups in total. The van der Waals surface area contributed by atoms with Crippen molar-refractivity contribution in [3.8, 4) is 11.5 Å². The highest BCUT2D eigenvalue weighted by Gasteiger charge is 2.38. The van der Waals surface area contributed by atoms with Crippen molar-refractivity contribution < 1.29 is 9.26 Å². The number of rotatable bonds is 3. The minimum Gasteiger partial charge on any atom is -0.398 e. The maximum atomic E-state index is 5.80. The number of halogens is 1. The third-order valence-corrected chi connectivity index (χ3v) is 4.82. The second-order valence-corrected chi connectivity index (χ2v) is 6.27. The largest absolute Gasteiger partial charge is 0.398 e. The third kappa shape index (κ3) is 2.70. The SMILES string of the molecule is COC1(c2noc(-c3ccc(N)c(Br)c3)n2)CCCCC1. The standard InChI is InChI=1S/C15H18BrN3O2/c1-20-15(7-3-2-4-8-15)14-18-13(21-19-14)10-5-6-12(17)11(16)9-10/h5-6,9H,2-4,7-8,17H2,1H3. The minimum atomic E-state index is -0.398. The predicted octanol–water partition coefficient (Wildman–Crippen LogP) is 3.89. The van der Waals surface area contributed by atoms with E-state index in [2.05, 4.69) is 26.1 Å². The molecule has 1 aromatic carbocycles. The zero-order chi connectivity index (χ0) is 14.9. The average Bonchev–Trinajstić information content (AvgIpc) is 3.01. The first-order valence-electron chi connectivity index (χ1n) is 7.09. The molecule has 0 radical (unpaired) electrons. The monoisotopic (exact) mass is 351 g/mol. The van der Waals surface area contributed by atoms with Crippen molar-refractivity contribution in [3.05, 3.63) is 28.5 Å². The maximum Gasteiger partial charge on any atom is 0.258 e. The first-order chi connectivity index (χ1) is 10.1. The molecule has 0 aliphatic heterocycles. The molecule has 0 amide bonds. The van der Waals surface area contributed by atoms with Crippen LogP contribution in [0.15, 0.2) is 27.2 Å².